The minimum atomic E-state index is 0.0212. The molecule has 1 aliphatic carbocycles. The Kier molecular flexibility index (Phi) is 5.54. The number of nitrogens with zero attached hydrogens (tertiary/aromatic N) is 2. The van der Waals surface area contributed by atoms with E-state index in [1.165, 1.54) is 11.3 Å². The third-order valence-corrected chi connectivity index (χ3v) is 3.95. The van der Waals surface area contributed by atoms with E-state index in [4.69, 9.17) is 4.74 Å². The summed E-state index contributed by atoms with van der Waals surface area (Å²) in [6, 6.07) is 0. The van der Waals surface area contributed by atoms with Gasteiger partial charge >= 0.3 is 0 Å². The molecule has 1 aliphatic rings. The van der Waals surface area contributed by atoms with Crippen LogP contribution in [0.4, 0.5) is 0 Å². The number of carbonyl (C=O) groups is 1. The maximum Gasteiger partial charge on any atom is 0.273 e. The summed E-state index contributed by atoms with van der Waals surface area (Å²) in [7, 11) is 1.66. The number of rotatable bonds is 6. The van der Waals surface area contributed by atoms with Crippen LogP contribution in [0.2, 0.25) is 0 Å². The number of methoxy groups -OCH3 is 1. The summed E-state index contributed by atoms with van der Waals surface area (Å²) in [5.41, 5.74) is 2.25. The summed E-state index contributed by atoms with van der Waals surface area (Å²) >= 11 is 1.45. The van der Waals surface area contributed by atoms with Crippen molar-refractivity contribution in [3.05, 3.63) is 28.7 Å². The van der Waals surface area contributed by atoms with Crippen LogP contribution in [0.1, 0.15) is 29.8 Å². The van der Waals surface area contributed by atoms with E-state index in [9.17, 15) is 4.79 Å². The van der Waals surface area contributed by atoms with Gasteiger partial charge in [-0.2, -0.15) is 0 Å². The highest BCUT2D eigenvalue weighted by molar-refractivity contribution is 7.07. The lowest BCUT2D eigenvalue weighted by atomic mass is 9.94. The summed E-state index contributed by atoms with van der Waals surface area (Å²) in [6.45, 7) is 2.00. The van der Waals surface area contributed by atoms with Crippen molar-refractivity contribution < 1.29 is 9.53 Å². The fraction of sp³-hybridized carbons (Fsp3) is 0.571. The molecule has 2 rings (SSSR count). The molecule has 0 fully saturated rings. The van der Waals surface area contributed by atoms with Gasteiger partial charge in [0, 0.05) is 25.6 Å². The molecule has 104 valence electrons. The summed E-state index contributed by atoms with van der Waals surface area (Å²) in [5, 5.41) is 1.81. The van der Waals surface area contributed by atoms with Crippen molar-refractivity contribution in [1.29, 1.82) is 0 Å². The molecule has 1 atom stereocenters. The number of aromatic nitrogens is 1. The lowest BCUT2D eigenvalue weighted by molar-refractivity contribution is 0.0653. The maximum absolute atomic E-state index is 12.4. The van der Waals surface area contributed by atoms with E-state index in [0.29, 0.717) is 24.8 Å². The minimum Gasteiger partial charge on any atom is -0.383 e. The Morgan fingerprint density at radius 3 is 3.11 bits per heavy atom. The predicted molar refractivity (Wildman–Crippen MR) is 76.4 cm³/mol. The second kappa shape index (κ2) is 7.40. The van der Waals surface area contributed by atoms with Crippen LogP contribution in [-0.2, 0) is 4.74 Å². The zero-order valence-corrected chi connectivity index (χ0v) is 12.1. The van der Waals surface area contributed by atoms with Gasteiger partial charge in [-0.05, 0) is 25.2 Å². The maximum atomic E-state index is 12.4. The van der Waals surface area contributed by atoms with Crippen molar-refractivity contribution >= 4 is 17.2 Å². The van der Waals surface area contributed by atoms with Crippen molar-refractivity contribution in [2.45, 2.75) is 19.3 Å². The van der Waals surface area contributed by atoms with Crippen LogP contribution in [0.25, 0.3) is 0 Å². The highest BCUT2D eigenvalue weighted by Crippen LogP contribution is 2.20. The standard InChI is InChI=1S/C14H20N2O2S/c1-18-8-7-16(9-12-5-3-2-4-6-12)14(17)13-10-19-11-15-13/h2-3,10-12H,4-9H2,1H3/t12-/m1/s1. The Bertz CT molecular complexity index is 417. The number of hydrogen-bond donors (Lipinski definition) is 0. The first-order valence-electron chi connectivity index (χ1n) is 6.62. The fourth-order valence-corrected chi connectivity index (χ4v) is 2.82. The van der Waals surface area contributed by atoms with Crippen LogP contribution in [0.3, 0.4) is 0 Å². The number of amides is 1. The van der Waals surface area contributed by atoms with Gasteiger partial charge in [0.05, 0.1) is 12.1 Å². The van der Waals surface area contributed by atoms with Gasteiger partial charge in [-0.1, -0.05) is 12.2 Å². The molecule has 0 N–H and O–H groups in total. The number of hydrogen-bond acceptors (Lipinski definition) is 4. The Hall–Kier alpha value is -1.20. The van der Waals surface area contributed by atoms with Crippen LogP contribution in [0.15, 0.2) is 23.0 Å². The molecule has 0 spiro atoms. The molecule has 1 aromatic heterocycles. The normalized spacial score (nSPS) is 18.5. The van der Waals surface area contributed by atoms with Crippen molar-refractivity contribution in [3.8, 4) is 0 Å². The van der Waals surface area contributed by atoms with Crippen molar-refractivity contribution in [2.24, 2.45) is 5.92 Å². The Morgan fingerprint density at radius 2 is 2.47 bits per heavy atom. The highest BCUT2D eigenvalue weighted by atomic mass is 32.1. The summed E-state index contributed by atoms with van der Waals surface area (Å²) in [5.74, 6) is 0.581. The molecular formula is C14H20N2O2S. The van der Waals surface area contributed by atoms with Gasteiger partial charge in [0.1, 0.15) is 5.69 Å². The molecule has 0 saturated heterocycles. The van der Waals surface area contributed by atoms with Gasteiger partial charge in [-0.25, -0.2) is 4.98 Å². The van der Waals surface area contributed by atoms with Crippen LogP contribution >= 0.6 is 11.3 Å². The summed E-state index contributed by atoms with van der Waals surface area (Å²) < 4.78 is 5.10. The molecule has 5 heteroatoms. The van der Waals surface area contributed by atoms with Crippen LogP contribution < -0.4 is 0 Å². The first kappa shape index (κ1) is 14.2. The van der Waals surface area contributed by atoms with Crippen LogP contribution in [0, 0.1) is 5.92 Å². The van der Waals surface area contributed by atoms with E-state index in [0.717, 1.165) is 25.8 Å². The van der Waals surface area contributed by atoms with Gasteiger partial charge in [-0.3, -0.25) is 4.79 Å². The van der Waals surface area contributed by atoms with Gasteiger partial charge in [-0.15, -0.1) is 11.3 Å². The summed E-state index contributed by atoms with van der Waals surface area (Å²) in [6.07, 6.45) is 7.78. The fourth-order valence-electron chi connectivity index (χ4n) is 2.29. The average molecular weight is 280 g/mol. The van der Waals surface area contributed by atoms with E-state index >= 15 is 0 Å². The van der Waals surface area contributed by atoms with Crippen LogP contribution in [0.5, 0.6) is 0 Å². The minimum absolute atomic E-state index is 0.0212. The van der Waals surface area contributed by atoms with E-state index in [2.05, 4.69) is 17.1 Å². The number of thiazole rings is 1. The largest absolute Gasteiger partial charge is 0.383 e. The average Bonchev–Trinajstić information content (AvgIpc) is 2.98. The second-order valence-electron chi connectivity index (χ2n) is 4.77. The van der Waals surface area contributed by atoms with E-state index in [1.54, 1.807) is 12.6 Å². The Balaban J connectivity index is 1.98. The van der Waals surface area contributed by atoms with Crippen molar-refractivity contribution in [3.63, 3.8) is 0 Å². The molecule has 0 radical (unpaired) electrons. The molecule has 1 aromatic rings. The zero-order valence-electron chi connectivity index (χ0n) is 11.2. The van der Waals surface area contributed by atoms with Crippen molar-refractivity contribution in [1.82, 2.24) is 9.88 Å². The molecule has 0 aliphatic heterocycles. The van der Waals surface area contributed by atoms with Gasteiger partial charge in [0.2, 0.25) is 0 Å². The first-order chi connectivity index (χ1) is 9.31. The number of ether oxygens (including phenoxy) is 1. The van der Waals surface area contributed by atoms with E-state index < -0.39 is 0 Å². The SMILES string of the molecule is COCCN(C[C@@H]1CC=CCC1)C(=O)c1cscn1. The highest BCUT2D eigenvalue weighted by Gasteiger charge is 2.21. The topological polar surface area (TPSA) is 42.4 Å². The monoisotopic (exact) mass is 280 g/mol. The van der Waals surface area contributed by atoms with Gasteiger partial charge < -0.3 is 9.64 Å². The third-order valence-electron chi connectivity index (χ3n) is 3.36. The molecule has 0 aromatic carbocycles. The van der Waals surface area contributed by atoms with E-state index in [-0.39, 0.29) is 5.91 Å². The zero-order chi connectivity index (χ0) is 13.5. The number of carbonyl (C=O) groups excluding carboxylic acids is 1. The Labute approximate surface area is 118 Å². The summed E-state index contributed by atoms with van der Waals surface area (Å²) in [4.78, 5) is 18.4. The van der Waals surface area contributed by atoms with E-state index in [1.807, 2.05) is 10.3 Å². The molecular weight excluding hydrogens is 260 g/mol. The molecule has 19 heavy (non-hydrogen) atoms. The molecule has 0 unspecified atom stereocenters. The molecule has 4 nitrogen and oxygen atoms in total. The smallest absolute Gasteiger partial charge is 0.273 e. The molecule has 1 heterocycles. The molecule has 1 amide bonds. The quantitative estimate of drug-likeness (QED) is 0.752. The first-order valence-corrected chi connectivity index (χ1v) is 7.57. The third kappa shape index (κ3) is 4.14. The lowest BCUT2D eigenvalue weighted by Crippen LogP contribution is -2.38. The van der Waals surface area contributed by atoms with Crippen molar-refractivity contribution in [2.75, 3.05) is 26.8 Å². The molecule has 0 saturated carbocycles. The van der Waals surface area contributed by atoms with Gasteiger partial charge in [0.15, 0.2) is 0 Å². The Morgan fingerprint density at radius 1 is 1.58 bits per heavy atom. The van der Waals surface area contributed by atoms with Crippen LogP contribution in [-0.4, -0.2) is 42.6 Å². The lowest BCUT2D eigenvalue weighted by Gasteiger charge is -2.27. The predicted octanol–water partition coefficient (Wildman–Crippen LogP) is 2.59. The number of allylic oxidation sites excluding steroid dienone is 2. The second-order valence-corrected chi connectivity index (χ2v) is 5.49. The van der Waals surface area contributed by atoms with Gasteiger partial charge in [0.25, 0.3) is 5.91 Å². The molecule has 0 bridgehead atoms.